The summed E-state index contributed by atoms with van der Waals surface area (Å²) in [6, 6.07) is 5.74. The maximum Gasteiger partial charge on any atom is 0.387 e. The van der Waals surface area contributed by atoms with E-state index in [2.05, 4.69) is 10.1 Å². The van der Waals surface area contributed by atoms with Crippen LogP contribution in [0.2, 0.25) is 0 Å². The summed E-state index contributed by atoms with van der Waals surface area (Å²) in [5.74, 6) is -0.695. The molecule has 5 nitrogen and oxygen atoms in total. The highest BCUT2D eigenvalue weighted by Crippen LogP contribution is 2.15. The van der Waals surface area contributed by atoms with Crippen molar-refractivity contribution < 1.29 is 27.8 Å². The molecular weight excluding hydrogens is 308 g/mol. The summed E-state index contributed by atoms with van der Waals surface area (Å²) < 4.78 is 33.0. The number of amides is 1. The van der Waals surface area contributed by atoms with Crippen LogP contribution in [0.1, 0.15) is 19.4 Å². The molecule has 1 aromatic carbocycles. The van der Waals surface area contributed by atoms with Crippen molar-refractivity contribution >= 4 is 18.0 Å². The van der Waals surface area contributed by atoms with Crippen LogP contribution in [-0.2, 0) is 14.3 Å². The first-order valence-corrected chi connectivity index (χ1v) is 7.03. The molecule has 1 aromatic rings. The average Bonchev–Trinajstić information content (AvgIpc) is 2.49. The molecule has 0 aliphatic rings. The molecule has 0 aliphatic carbocycles. The number of ether oxygens (including phenoxy) is 2. The second-order valence-corrected chi connectivity index (χ2v) is 5.09. The lowest BCUT2D eigenvalue weighted by Gasteiger charge is -2.07. The molecule has 1 amide bonds. The Morgan fingerprint density at radius 3 is 2.43 bits per heavy atom. The standard InChI is InChI=1S/C16H19F2NO4/c1-11(2)9-19-14(20)10-22-15(21)8-5-12-3-6-13(7-4-12)23-16(17)18/h3-8,11,16H,9-10H2,1-2H3,(H,19,20)/b8-5+. The maximum atomic E-state index is 12.0. The molecule has 23 heavy (non-hydrogen) atoms. The highest BCUT2D eigenvalue weighted by molar-refractivity contribution is 5.89. The van der Waals surface area contributed by atoms with Crippen LogP contribution in [0, 0.1) is 5.92 Å². The molecule has 1 rings (SSSR count). The second-order valence-electron chi connectivity index (χ2n) is 5.09. The van der Waals surface area contributed by atoms with E-state index in [0.29, 0.717) is 18.0 Å². The zero-order chi connectivity index (χ0) is 17.2. The van der Waals surface area contributed by atoms with E-state index in [1.807, 2.05) is 13.8 Å². The van der Waals surface area contributed by atoms with E-state index in [1.165, 1.54) is 30.3 Å². The zero-order valence-electron chi connectivity index (χ0n) is 12.9. The molecule has 0 saturated heterocycles. The predicted octanol–water partition coefficient (Wildman–Crippen LogP) is 2.62. The van der Waals surface area contributed by atoms with Crippen LogP contribution in [0.3, 0.4) is 0 Å². The van der Waals surface area contributed by atoms with Gasteiger partial charge in [0.1, 0.15) is 5.75 Å². The molecule has 0 fully saturated rings. The van der Waals surface area contributed by atoms with Gasteiger partial charge in [0.05, 0.1) is 0 Å². The summed E-state index contributed by atoms with van der Waals surface area (Å²) in [5, 5.41) is 2.62. The quantitative estimate of drug-likeness (QED) is 0.589. The van der Waals surface area contributed by atoms with E-state index >= 15 is 0 Å². The van der Waals surface area contributed by atoms with Gasteiger partial charge in [0.2, 0.25) is 0 Å². The van der Waals surface area contributed by atoms with Crippen molar-refractivity contribution in [3.63, 3.8) is 0 Å². The molecule has 0 radical (unpaired) electrons. The number of esters is 1. The van der Waals surface area contributed by atoms with Gasteiger partial charge in [-0.25, -0.2) is 4.79 Å². The molecule has 126 valence electrons. The molecule has 0 atom stereocenters. The van der Waals surface area contributed by atoms with E-state index in [-0.39, 0.29) is 18.3 Å². The first-order chi connectivity index (χ1) is 10.9. The number of benzene rings is 1. The Hall–Kier alpha value is -2.44. The number of rotatable bonds is 8. The van der Waals surface area contributed by atoms with Gasteiger partial charge in [-0.1, -0.05) is 26.0 Å². The highest BCUT2D eigenvalue weighted by atomic mass is 19.3. The summed E-state index contributed by atoms with van der Waals surface area (Å²) in [4.78, 5) is 22.8. The van der Waals surface area contributed by atoms with Crippen LogP contribution in [-0.4, -0.2) is 31.6 Å². The SMILES string of the molecule is CC(C)CNC(=O)COC(=O)/C=C/c1ccc(OC(F)F)cc1. The monoisotopic (exact) mass is 327 g/mol. The minimum Gasteiger partial charge on any atom is -0.452 e. The number of hydrogen-bond acceptors (Lipinski definition) is 4. The lowest BCUT2D eigenvalue weighted by atomic mass is 10.2. The molecule has 0 aromatic heterocycles. The molecule has 0 bridgehead atoms. The van der Waals surface area contributed by atoms with Crippen molar-refractivity contribution in [1.29, 1.82) is 0 Å². The van der Waals surface area contributed by atoms with E-state index in [4.69, 9.17) is 4.74 Å². The molecule has 7 heteroatoms. The van der Waals surface area contributed by atoms with Crippen LogP contribution in [0.4, 0.5) is 8.78 Å². The normalized spacial score (nSPS) is 11.0. The Kier molecular flexibility index (Phi) is 7.73. The maximum absolute atomic E-state index is 12.0. The van der Waals surface area contributed by atoms with Crippen molar-refractivity contribution in [3.05, 3.63) is 35.9 Å². The van der Waals surface area contributed by atoms with E-state index < -0.39 is 12.6 Å². The summed E-state index contributed by atoms with van der Waals surface area (Å²) in [5.41, 5.74) is 0.604. The van der Waals surface area contributed by atoms with Crippen molar-refractivity contribution in [2.45, 2.75) is 20.5 Å². The molecular formula is C16H19F2NO4. The van der Waals surface area contributed by atoms with Gasteiger partial charge in [-0.2, -0.15) is 8.78 Å². The van der Waals surface area contributed by atoms with Crippen LogP contribution in [0.25, 0.3) is 6.08 Å². The predicted molar refractivity (Wildman–Crippen MR) is 80.9 cm³/mol. The molecule has 0 saturated carbocycles. The van der Waals surface area contributed by atoms with E-state index in [9.17, 15) is 18.4 Å². The van der Waals surface area contributed by atoms with Crippen molar-refractivity contribution in [3.8, 4) is 5.75 Å². The third-order valence-electron chi connectivity index (χ3n) is 2.57. The Morgan fingerprint density at radius 1 is 1.22 bits per heavy atom. The van der Waals surface area contributed by atoms with E-state index in [1.54, 1.807) is 0 Å². The van der Waals surface area contributed by atoms with Gasteiger partial charge >= 0.3 is 12.6 Å². The summed E-state index contributed by atoms with van der Waals surface area (Å²) in [6.45, 7) is 1.18. The minimum absolute atomic E-state index is 0.0292. The highest BCUT2D eigenvalue weighted by Gasteiger charge is 2.06. The first kappa shape index (κ1) is 18.6. The first-order valence-electron chi connectivity index (χ1n) is 7.03. The van der Waals surface area contributed by atoms with Crippen LogP contribution < -0.4 is 10.1 Å². The minimum atomic E-state index is -2.88. The lowest BCUT2D eigenvalue weighted by Crippen LogP contribution is -2.31. The number of nitrogens with one attached hydrogen (secondary N) is 1. The van der Waals surface area contributed by atoms with Crippen molar-refractivity contribution in [2.24, 2.45) is 5.92 Å². The Morgan fingerprint density at radius 2 is 1.87 bits per heavy atom. The van der Waals surface area contributed by atoms with Gasteiger partial charge in [0.25, 0.3) is 5.91 Å². The number of hydrogen-bond donors (Lipinski definition) is 1. The number of carbonyl (C=O) groups excluding carboxylic acids is 2. The molecule has 0 aliphatic heterocycles. The van der Waals surface area contributed by atoms with Gasteiger partial charge in [-0.15, -0.1) is 0 Å². The number of halogens is 2. The van der Waals surface area contributed by atoms with Crippen molar-refractivity contribution in [1.82, 2.24) is 5.32 Å². The molecule has 0 spiro atoms. The van der Waals surface area contributed by atoms with Gasteiger partial charge in [0.15, 0.2) is 6.61 Å². The van der Waals surface area contributed by atoms with Crippen LogP contribution >= 0.6 is 0 Å². The summed E-state index contributed by atoms with van der Waals surface area (Å²) in [6.07, 6.45) is 2.60. The third-order valence-corrected chi connectivity index (χ3v) is 2.57. The van der Waals surface area contributed by atoms with E-state index in [0.717, 1.165) is 6.08 Å². The Bertz CT molecular complexity index is 542. The number of alkyl halides is 2. The van der Waals surface area contributed by atoms with Gasteiger partial charge in [-0.05, 0) is 29.7 Å². The van der Waals surface area contributed by atoms with Gasteiger partial charge in [0, 0.05) is 12.6 Å². The fourth-order valence-corrected chi connectivity index (χ4v) is 1.48. The molecule has 1 N–H and O–H groups in total. The largest absolute Gasteiger partial charge is 0.452 e. The zero-order valence-corrected chi connectivity index (χ0v) is 12.9. The van der Waals surface area contributed by atoms with Crippen LogP contribution in [0.15, 0.2) is 30.3 Å². The van der Waals surface area contributed by atoms with Gasteiger partial charge < -0.3 is 14.8 Å². The summed E-state index contributed by atoms with van der Waals surface area (Å²) >= 11 is 0. The third kappa shape index (κ3) is 8.55. The Balaban J connectivity index is 2.38. The average molecular weight is 327 g/mol. The van der Waals surface area contributed by atoms with Crippen LogP contribution in [0.5, 0.6) is 5.75 Å². The number of carbonyl (C=O) groups is 2. The topological polar surface area (TPSA) is 64.6 Å². The summed E-state index contributed by atoms with van der Waals surface area (Å²) in [7, 11) is 0. The second kappa shape index (κ2) is 9.55. The molecule has 0 unspecified atom stereocenters. The molecule has 0 heterocycles. The lowest BCUT2D eigenvalue weighted by molar-refractivity contribution is -0.143. The smallest absolute Gasteiger partial charge is 0.387 e. The fraction of sp³-hybridized carbons (Fsp3) is 0.375. The fourth-order valence-electron chi connectivity index (χ4n) is 1.48. The van der Waals surface area contributed by atoms with Gasteiger partial charge in [-0.3, -0.25) is 4.79 Å². The Labute approximate surface area is 133 Å². The van der Waals surface area contributed by atoms with Crippen molar-refractivity contribution in [2.75, 3.05) is 13.2 Å².